The predicted molar refractivity (Wildman–Crippen MR) is 59.5 cm³/mol. The van der Waals surface area contributed by atoms with Crippen LogP contribution in [0.4, 0.5) is 5.69 Å². The second-order valence-corrected chi connectivity index (χ2v) is 4.18. The normalized spacial score (nSPS) is 11.5. The summed E-state index contributed by atoms with van der Waals surface area (Å²) in [6.07, 6.45) is 0.863. The van der Waals surface area contributed by atoms with E-state index in [1.807, 2.05) is 6.07 Å². The molecule has 4 heteroatoms. The zero-order valence-corrected chi connectivity index (χ0v) is 9.24. The van der Waals surface area contributed by atoms with Crippen molar-refractivity contribution < 1.29 is 4.42 Å². The van der Waals surface area contributed by atoms with Crippen LogP contribution >= 0.6 is 0 Å². The molecule has 0 atom stereocenters. The number of anilines is 1. The molecular weight excluding hydrogens is 190 g/mol. The molecule has 0 saturated carbocycles. The van der Waals surface area contributed by atoms with E-state index in [0.717, 1.165) is 17.6 Å². The molecule has 0 aliphatic rings. The van der Waals surface area contributed by atoms with E-state index in [4.69, 9.17) is 10.2 Å². The quantitative estimate of drug-likeness (QED) is 0.817. The van der Waals surface area contributed by atoms with Crippen molar-refractivity contribution in [3.8, 4) is 0 Å². The molecule has 0 saturated heterocycles. The molecule has 0 bridgehead atoms. The van der Waals surface area contributed by atoms with Crippen molar-refractivity contribution in [3.63, 3.8) is 0 Å². The zero-order valence-electron chi connectivity index (χ0n) is 9.24. The standard InChI is InChI=1S/C11H15N3O/c1-6(2)4-9-8(12)5-10-11(14-9)15-7(3)13-10/h5-6H,4,12H2,1-3H3. The van der Waals surface area contributed by atoms with Gasteiger partial charge in [0.1, 0.15) is 5.52 Å². The van der Waals surface area contributed by atoms with Crippen LogP contribution in [0.5, 0.6) is 0 Å². The van der Waals surface area contributed by atoms with Crippen molar-refractivity contribution in [2.75, 3.05) is 5.73 Å². The first-order valence-electron chi connectivity index (χ1n) is 5.09. The number of aromatic nitrogens is 2. The topological polar surface area (TPSA) is 64.9 Å². The van der Waals surface area contributed by atoms with Gasteiger partial charge in [-0.2, -0.15) is 0 Å². The van der Waals surface area contributed by atoms with E-state index in [0.29, 0.717) is 23.2 Å². The van der Waals surface area contributed by atoms with Crippen molar-refractivity contribution in [2.45, 2.75) is 27.2 Å². The Bertz CT molecular complexity index is 488. The highest BCUT2D eigenvalue weighted by molar-refractivity contribution is 5.73. The summed E-state index contributed by atoms with van der Waals surface area (Å²) in [4.78, 5) is 8.57. The minimum absolute atomic E-state index is 0.529. The Balaban J connectivity index is 2.51. The van der Waals surface area contributed by atoms with Crippen molar-refractivity contribution in [3.05, 3.63) is 17.7 Å². The number of fused-ring (bicyclic) bond motifs is 1. The second-order valence-electron chi connectivity index (χ2n) is 4.18. The van der Waals surface area contributed by atoms with Crippen LogP contribution in [0.15, 0.2) is 10.5 Å². The van der Waals surface area contributed by atoms with Gasteiger partial charge in [0.2, 0.25) is 5.71 Å². The molecule has 0 unspecified atom stereocenters. The Kier molecular flexibility index (Phi) is 2.34. The van der Waals surface area contributed by atoms with Crippen LogP contribution in [0.25, 0.3) is 11.2 Å². The molecule has 2 heterocycles. The van der Waals surface area contributed by atoms with Crippen LogP contribution in [-0.4, -0.2) is 9.97 Å². The molecule has 0 aliphatic carbocycles. The molecule has 0 aromatic carbocycles. The molecule has 2 aromatic heterocycles. The van der Waals surface area contributed by atoms with Crippen LogP contribution in [0.2, 0.25) is 0 Å². The fraction of sp³-hybridized carbons (Fsp3) is 0.455. The number of aryl methyl sites for hydroxylation is 1. The summed E-state index contributed by atoms with van der Waals surface area (Å²) in [5.41, 5.74) is 8.81. The van der Waals surface area contributed by atoms with Gasteiger partial charge in [0.25, 0.3) is 0 Å². The lowest BCUT2D eigenvalue weighted by Gasteiger charge is -2.06. The highest BCUT2D eigenvalue weighted by Gasteiger charge is 2.10. The van der Waals surface area contributed by atoms with Crippen molar-refractivity contribution in [2.24, 2.45) is 5.92 Å². The summed E-state index contributed by atoms with van der Waals surface area (Å²) in [7, 11) is 0. The van der Waals surface area contributed by atoms with E-state index in [9.17, 15) is 0 Å². The molecule has 0 amide bonds. The SMILES string of the molecule is Cc1nc2cc(N)c(CC(C)C)nc2o1. The third-order valence-electron chi connectivity index (χ3n) is 2.20. The van der Waals surface area contributed by atoms with Gasteiger partial charge in [-0.05, 0) is 18.4 Å². The number of pyridine rings is 1. The summed E-state index contributed by atoms with van der Waals surface area (Å²) in [6, 6.07) is 1.83. The number of nitrogen functional groups attached to an aromatic ring is 1. The largest absolute Gasteiger partial charge is 0.423 e. The highest BCUT2D eigenvalue weighted by Crippen LogP contribution is 2.20. The summed E-state index contributed by atoms with van der Waals surface area (Å²) in [5.74, 6) is 1.15. The number of nitrogens with two attached hydrogens (primary N) is 1. The lowest BCUT2D eigenvalue weighted by atomic mass is 10.1. The molecule has 0 spiro atoms. The minimum Gasteiger partial charge on any atom is -0.423 e. The molecule has 2 aromatic rings. The average Bonchev–Trinajstić information content (AvgIpc) is 2.44. The van der Waals surface area contributed by atoms with Crippen LogP contribution < -0.4 is 5.73 Å². The molecule has 80 valence electrons. The van der Waals surface area contributed by atoms with Crippen molar-refractivity contribution in [1.82, 2.24) is 9.97 Å². The smallest absolute Gasteiger partial charge is 0.247 e. The fourth-order valence-electron chi connectivity index (χ4n) is 1.57. The molecule has 4 nitrogen and oxygen atoms in total. The summed E-state index contributed by atoms with van der Waals surface area (Å²) < 4.78 is 5.37. The fourth-order valence-corrected chi connectivity index (χ4v) is 1.57. The maximum absolute atomic E-state index is 5.90. The molecule has 2 N–H and O–H groups in total. The number of oxazole rings is 1. The molecule has 0 aliphatic heterocycles. The van der Waals surface area contributed by atoms with Crippen LogP contribution in [-0.2, 0) is 6.42 Å². The predicted octanol–water partition coefficient (Wildman–Crippen LogP) is 2.31. The lowest BCUT2D eigenvalue weighted by Crippen LogP contribution is -2.02. The van der Waals surface area contributed by atoms with E-state index >= 15 is 0 Å². The van der Waals surface area contributed by atoms with Gasteiger partial charge in [0.15, 0.2) is 5.89 Å². The zero-order chi connectivity index (χ0) is 11.0. The van der Waals surface area contributed by atoms with Crippen LogP contribution in [0.1, 0.15) is 25.4 Å². The third-order valence-corrected chi connectivity index (χ3v) is 2.20. The van der Waals surface area contributed by atoms with Gasteiger partial charge >= 0.3 is 0 Å². The highest BCUT2D eigenvalue weighted by atomic mass is 16.4. The first-order chi connectivity index (χ1) is 7.06. The molecule has 2 rings (SSSR count). The van der Waals surface area contributed by atoms with Gasteiger partial charge in [0.05, 0.1) is 11.4 Å². The van der Waals surface area contributed by atoms with Gasteiger partial charge < -0.3 is 10.2 Å². The first-order valence-corrected chi connectivity index (χ1v) is 5.09. The Hall–Kier alpha value is -1.58. The third kappa shape index (κ3) is 1.93. The molecule has 0 radical (unpaired) electrons. The monoisotopic (exact) mass is 205 g/mol. The Morgan fingerprint density at radius 3 is 2.80 bits per heavy atom. The van der Waals surface area contributed by atoms with E-state index in [1.165, 1.54) is 0 Å². The van der Waals surface area contributed by atoms with Crippen LogP contribution in [0, 0.1) is 12.8 Å². The van der Waals surface area contributed by atoms with Crippen molar-refractivity contribution >= 4 is 16.9 Å². The van der Waals surface area contributed by atoms with E-state index in [-0.39, 0.29) is 0 Å². The Morgan fingerprint density at radius 1 is 1.40 bits per heavy atom. The van der Waals surface area contributed by atoms with E-state index < -0.39 is 0 Å². The number of hydrogen-bond donors (Lipinski definition) is 1. The summed E-state index contributed by atoms with van der Waals surface area (Å²) in [6.45, 7) is 6.08. The van der Waals surface area contributed by atoms with Gasteiger partial charge in [-0.15, -0.1) is 0 Å². The van der Waals surface area contributed by atoms with E-state index in [2.05, 4.69) is 23.8 Å². The molecule has 0 fully saturated rings. The van der Waals surface area contributed by atoms with Gasteiger partial charge in [-0.25, -0.2) is 9.97 Å². The van der Waals surface area contributed by atoms with Crippen LogP contribution in [0.3, 0.4) is 0 Å². The number of rotatable bonds is 2. The van der Waals surface area contributed by atoms with E-state index in [1.54, 1.807) is 6.92 Å². The summed E-state index contributed by atoms with van der Waals surface area (Å²) in [5, 5.41) is 0. The second kappa shape index (κ2) is 3.53. The van der Waals surface area contributed by atoms with Gasteiger partial charge in [-0.3, -0.25) is 0 Å². The number of nitrogens with zero attached hydrogens (tertiary/aromatic N) is 2. The van der Waals surface area contributed by atoms with Gasteiger partial charge in [0, 0.05) is 6.92 Å². The Labute approximate surface area is 88.5 Å². The maximum Gasteiger partial charge on any atom is 0.247 e. The molecular formula is C11H15N3O. The molecule has 15 heavy (non-hydrogen) atoms. The Morgan fingerprint density at radius 2 is 2.13 bits per heavy atom. The number of hydrogen-bond acceptors (Lipinski definition) is 4. The van der Waals surface area contributed by atoms with Crippen molar-refractivity contribution in [1.29, 1.82) is 0 Å². The summed E-state index contributed by atoms with van der Waals surface area (Å²) >= 11 is 0. The first kappa shape index (κ1) is 9.96. The van der Waals surface area contributed by atoms with Gasteiger partial charge in [-0.1, -0.05) is 13.8 Å². The maximum atomic E-state index is 5.90. The minimum atomic E-state index is 0.529. The average molecular weight is 205 g/mol. The lowest BCUT2D eigenvalue weighted by molar-refractivity contribution is 0.547.